The van der Waals surface area contributed by atoms with E-state index in [2.05, 4.69) is 20.6 Å². The molecule has 1 saturated heterocycles. The Labute approximate surface area is 230 Å². The monoisotopic (exact) mass is 587 g/mol. The van der Waals surface area contributed by atoms with Crippen LogP contribution in [-0.4, -0.2) is 113 Å². The third kappa shape index (κ3) is 7.31. The van der Waals surface area contributed by atoms with Crippen LogP contribution < -0.4 is 26.7 Å². The van der Waals surface area contributed by atoms with Gasteiger partial charge < -0.3 is 52.4 Å². The fourth-order valence-corrected chi connectivity index (χ4v) is 4.89. The molecule has 220 valence electrons. The van der Waals surface area contributed by atoms with Crippen molar-refractivity contribution in [3.05, 3.63) is 12.7 Å². The number of nitrogens with zero attached hydrogens (tertiary/aromatic N) is 4. The van der Waals surface area contributed by atoms with E-state index in [1.807, 2.05) is 0 Å². The Morgan fingerprint density at radius 2 is 1.93 bits per heavy atom. The summed E-state index contributed by atoms with van der Waals surface area (Å²) in [6, 6.07) is -2.45. The van der Waals surface area contributed by atoms with Gasteiger partial charge in [-0.15, -0.1) is 11.8 Å². The number of carboxylic acids is 2. The number of nitrogens with two attached hydrogens (primary N) is 2. The molecule has 2 aromatic rings. The molecule has 6 atom stereocenters. The molecule has 0 aliphatic carbocycles. The van der Waals surface area contributed by atoms with Gasteiger partial charge in [0.25, 0.3) is 0 Å². The number of hydrogen-bond acceptors (Lipinski definition) is 13. The Balaban J connectivity index is 1.76. The molecule has 3 rings (SSSR count). The molecule has 2 amide bonds. The van der Waals surface area contributed by atoms with E-state index in [4.69, 9.17) is 26.4 Å². The van der Waals surface area contributed by atoms with Crippen LogP contribution in [0, 0.1) is 0 Å². The molecule has 0 bridgehead atoms. The quantitative estimate of drug-likeness (QED) is 0.0941. The number of hydrogen-bond donors (Lipinski definition) is 9. The molecule has 0 aromatic carbocycles. The second-order valence-corrected chi connectivity index (χ2v) is 9.87. The Morgan fingerprint density at radius 3 is 2.55 bits per heavy atom. The highest BCUT2D eigenvalue weighted by Gasteiger charge is 2.46. The van der Waals surface area contributed by atoms with Gasteiger partial charge in [-0.1, -0.05) is 4.98 Å². The summed E-state index contributed by atoms with van der Waals surface area (Å²) in [6.45, 7) is -1.21. The van der Waals surface area contributed by atoms with Crippen molar-refractivity contribution in [1.82, 2.24) is 25.2 Å². The van der Waals surface area contributed by atoms with Crippen molar-refractivity contribution < 1.29 is 54.0 Å². The van der Waals surface area contributed by atoms with Crippen molar-refractivity contribution in [2.45, 2.75) is 55.3 Å². The van der Waals surface area contributed by atoms with Crippen LogP contribution in [0.25, 0.3) is 11.2 Å². The van der Waals surface area contributed by atoms with E-state index >= 15 is 0 Å². The van der Waals surface area contributed by atoms with Gasteiger partial charge in [0, 0.05) is 12.2 Å². The maximum Gasteiger partial charge on any atom is 0.322 e. The number of nitrogen functional groups attached to an aromatic ring is 1. The van der Waals surface area contributed by atoms with Gasteiger partial charge in [0.2, 0.25) is 23.6 Å². The summed E-state index contributed by atoms with van der Waals surface area (Å²) >= 11 is 1.14. The zero-order valence-corrected chi connectivity index (χ0v) is 21.8. The minimum atomic E-state index is -1.39. The number of carbonyl (C=O) groups is 4. The standard InChI is InChI=1S/C21H30N8O10S/c22-9(21(37)38)1-2-12(31)27-10(19(36)24-3-13(32)33)5-40-8-28-7-29(18-14(28)17(23)25-6-26-18)20-16(35)15(34)11(4-30)39-20/h6-7,9-11,15-16,20,30,34-35H,1-5,8,22H2,(H5-,23,24,25,26,27,31,32,33,36,37,38)/p+1/t9-,10-,11+,15+,16+,20+/m0/s1. The minimum Gasteiger partial charge on any atom is -0.480 e. The SMILES string of the molecule is Nc1ncnc2c1n(CSC[C@H](NC(=O)CC[C@H](N)C(=O)O)C(=O)NCC(=O)O)c[n+]2[C@@H]1O[C@H](CO)[C@@H](O)[C@H]1O. The first-order chi connectivity index (χ1) is 18.9. The molecule has 11 N–H and O–H groups in total. The van der Waals surface area contributed by atoms with E-state index < -0.39 is 73.5 Å². The summed E-state index contributed by atoms with van der Waals surface area (Å²) in [5, 5.41) is 52.5. The van der Waals surface area contributed by atoms with Crippen LogP contribution in [0.4, 0.5) is 5.82 Å². The van der Waals surface area contributed by atoms with E-state index in [1.165, 1.54) is 17.2 Å². The number of rotatable bonds is 14. The van der Waals surface area contributed by atoms with E-state index in [9.17, 15) is 34.5 Å². The summed E-state index contributed by atoms with van der Waals surface area (Å²) in [5.41, 5.74) is 12.1. The summed E-state index contributed by atoms with van der Waals surface area (Å²) in [6.07, 6.45) is -2.64. The predicted octanol–water partition coefficient (Wildman–Crippen LogP) is -4.52. The maximum absolute atomic E-state index is 12.6. The number of fused-ring (bicyclic) bond motifs is 1. The number of anilines is 1. The highest BCUT2D eigenvalue weighted by Crippen LogP contribution is 2.28. The minimum absolute atomic E-state index is 0.0384. The zero-order valence-electron chi connectivity index (χ0n) is 21.0. The number of carbonyl (C=O) groups excluding carboxylic acids is 2. The van der Waals surface area contributed by atoms with Gasteiger partial charge in [0.15, 0.2) is 18.5 Å². The molecule has 1 fully saturated rings. The van der Waals surface area contributed by atoms with Crippen LogP contribution in [0.5, 0.6) is 0 Å². The lowest BCUT2D eigenvalue weighted by atomic mass is 10.1. The molecule has 19 heteroatoms. The smallest absolute Gasteiger partial charge is 0.322 e. The lowest BCUT2D eigenvalue weighted by molar-refractivity contribution is -0.745. The van der Waals surface area contributed by atoms with Crippen LogP contribution in [0.2, 0.25) is 0 Å². The molecule has 0 spiro atoms. The molecule has 18 nitrogen and oxygen atoms in total. The first-order valence-electron chi connectivity index (χ1n) is 11.9. The van der Waals surface area contributed by atoms with Gasteiger partial charge in [-0.3, -0.25) is 19.2 Å². The van der Waals surface area contributed by atoms with Crippen molar-refractivity contribution in [3.63, 3.8) is 0 Å². The van der Waals surface area contributed by atoms with Gasteiger partial charge in [-0.05, 0) is 6.42 Å². The van der Waals surface area contributed by atoms with Crippen LogP contribution >= 0.6 is 11.8 Å². The number of aromatic nitrogens is 4. The molecule has 0 unspecified atom stereocenters. The van der Waals surface area contributed by atoms with Gasteiger partial charge in [0.1, 0.15) is 42.8 Å². The second kappa shape index (κ2) is 13.6. The topological polar surface area (TPSA) is 289 Å². The number of aliphatic hydroxyl groups is 3. The molecule has 3 heterocycles. The van der Waals surface area contributed by atoms with Crippen LogP contribution in [0.3, 0.4) is 0 Å². The number of imidazole rings is 1. The van der Waals surface area contributed by atoms with E-state index in [-0.39, 0.29) is 35.9 Å². The van der Waals surface area contributed by atoms with E-state index in [0.29, 0.717) is 5.52 Å². The van der Waals surface area contributed by atoms with Crippen molar-refractivity contribution in [3.8, 4) is 0 Å². The Hall–Kier alpha value is -3.62. The van der Waals surface area contributed by atoms with Crippen molar-refractivity contribution in [1.29, 1.82) is 0 Å². The molecule has 1 aliphatic heterocycles. The van der Waals surface area contributed by atoms with Gasteiger partial charge in [-0.25, -0.2) is 9.13 Å². The Morgan fingerprint density at radius 1 is 1.20 bits per heavy atom. The normalized spacial score (nSPS) is 22.1. The number of aliphatic hydroxyl groups excluding tert-OH is 3. The maximum atomic E-state index is 12.6. The fourth-order valence-electron chi connectivity index (χ4n) is 3.92. The highest BCUT2D eigenvalue weighted by molar-refractivity contribution is 7.98. The molecule has 0 saturated carbocycles. The third-order valence-electron chi connectivity index (χ3n) is 6.00. The highest BCUT2D eigenvalue weighted by atomic mass is 32.2. The molecule has 1 aliphatic rings. The van der Waals surface area contributed by atoms with Gasteiger partial charge >= 0.3 is 17.6 Å². The number of nitrogens with one attached hydrogen (secondary N) is 2. The Bertz CT molecular complexity index is 1250. The number of thioether (sulfide) groups is 1. The number of aliphatic carboxylic acids is 2. The summed E-state index contributed by atoms with van der Waals surface area (Å²) in [4.78, 5) is 54.9. The van der Waals surface area contributed by atoms with Crippen LogP contribution in [0.15, 0.2) is 12.7 Å². The van der Waals surface area contributed by atoms with Gasteiger partial charge in [-0.2, -0.15) is 4.98 Å². The van der Waals surface area contributed by atoms with Gasteiger partial charge in [0.05, 0.1) is 6.61 Å². The zero-order chi connectivity index (χ0) is 29.6. The molecular weight excluding hydrogens is 556 g/mol. The molecule has 40 heavy (non-hydrogen) atoms. The van der Waals surface area contributed by atoms with Crippen molar-refractivity contribution in [2.75, 3.05) is 24.6 Å². The molecular formula is C21H31N8O10S+. The second-order valence-electron chi connectivity index (χ2n) is 8.87. The largest absolute Gasteiger partial charge is 0.480 e. The average Bonchev–Trinajstić information content (AvgIpc) is 3.42. The predicted molar refractivity (Wildman–Crippen MR) is 135 cm³/mol. The van der Waals surface area contributed by atoms with Crippen molar-refractivity contribution in [2.24, 2.45) is 5.73 Å². The number of amides is 2. The fraction of sp³-hybridized carbons (Fsp3) is 0.571. The van der Waals surface area contributed by atoms with Crippen LogP contribution in [-0.2, 0) is 29.8 Å². The average molecular weight is 588 g/mol. The summed E-state index contributed by atoms with van der Waals surface area (Å²) in [7, 11) is 0. The lowest BCUT2D eigenvalue weighted by Gasteiger charge is -2.18. The van der Waals surface area contributed by atoms with E-state index in [0.717, 1.165) is 11.8 Å². The van der Waals surface area contributed by atoms with Crippen LogP contribution in [0.1, 0.15) is 19.1 Å². The first-order valence-corrected chi connectivity index (χ1v) is 13.1. The molecule has 2 aromatic heterocycles. The first kappa shape index (κ1) is 30.9. The van der Waals surface area contributed by atoms with E-state index in [1.54, 1.807) is 4.57 Å². The Kier molecular flexibility index (Phi) is 10.5. The summed E-state index contributed by atoms with van der Waals surface area (Å²) in [5.74, 6) is -3.85. The lowest BCUT2D eigenvalue weighted by Crippen LogP contribution is -2.49. The number of carboxylic acid groups (broad SMARTS) is 2. The van der Waals surface area contributed by atoms with Crippen molar-refractivity contribution >= 4 is 52.5 Å². The third-order valence-corrected chi connectivity index (χ3v) is 7.03. The number of ether oxygens (including phenoxy) is 1. The summed E-state index contributed by atoms with van der Waals surface area (Å²) < 4.78 is 8.60. The molecule has 0 radical (unpaired) electrons.